The maximum atomic E-state index is 11.0. The quantitative estimate of drug-likeness (QED) is 0.502. The van der Waals surface area contributed by atoms with Gasteiger partial charge in [-0.25, -0.2) is 4.79 Å². The third kappa shape index (κ3) is 4.26. The first-order valence-corrected chi connectivity index (χ1v) is 5.36. The van der Waals surface area contributed by atoms with Crippen molar-refractivity contribution in [2.45, 2.75) is 18.9 Å². The van der Waals surface area contributed by atoms with E-state index in [9.17, 15) is 19.7 Å². The van der Waals surface area contributed by atoms with E-state index in [1.165, 1.54) is 24.3 Å². The molecule has 8 heteroatoms. The van der Waals surface area contributed by atoms with Crippen LogP contribution in [0.1, 0.15) is 12.8 Å². The number of para-hydroxylation sites is 2. The summed E-state index contributed by atoms with van der Waals surface area (Å²) in [5.41, 5.74) is -0.214. The number of rotatable bonds is 7. The van der Waals surface area contributed by atoms with Crippen LogP contribution >= 0.6 is 0 Å². The molecular formula is C11H12N2O6. The molecule has 3 N–H and O–H groups in total. The second-order valence-corrected chi connectivity index (χ2v) is 3.74. The van der Waals surface area contributed by atoms with Gasteiger partial charge in [0.25, 0.3) is 5.69 Å². The van der Waals surface area contributed by atoms with E-state index < -0.39 is 22.9 Å². The maximum absolute atomic E-state index is 11.0. The summed E-state index contributed by atoms with van der Waals surface area (Å²) in [6.07, 6.45) is -0.513. The molecule has 0 saturated carbocycles. The SMILES string of the molecule is O=C(O)CCC(Nc1ccccc1[N+](=O)[O-])C(=O)O. The first kappa shape index (κ1) is 14.4. The highest BCUT2D eigenvalue weighted by molar-refractivity contribution is 5.79. The van der Waals surface area contributed by atoms with Gasteiger partial charge >= 0.3 is 11.9 Å². The van der Waals surface area contributed by atoms with Gasteiger partial charge in [-0.3, -0.25) is 14.9 Å². The van der Waals surface area contributed by atoms with Crippen molar-refractivity contribution in [3.05, 3.63) is 34.4 Å². The molecule has 0 saturated heterocycles. The van der Waals surface area contributed by atoms with Crippen molar-refractivity contribution in [3.63, 3.8) is 0 Å². The third-order valence-electron chi connectivity index (χ3n) is 2.38. The molecule has 102 valence electrons. The van der Waals surface area contributed by atoms with Crippen LogP contribution in [-0.2, 0) is 9.59 Å². The van der Waals surface area contributed by atoms with Crippen LogP contribution in [0.15, 0.2) is 24.3 Å². The highest BCUT2D eigenvalue weighted by Gasteiger charge is 2.22. The van der Waals surface area contributed by atoms with Crippen molar-refractivity contribution in [1.29, 1.82) is 0 Å². The Morgan fingerprint density at radius 1 is 1.32 bits per heavy atom. The zero-order valence-electron chi connectivity index (χ0n) is 9.78. The fraction of sp³-hybridized carbons (Fsp3) is 0.273. The highest BCUT2D eigenvalue weighted by Crippen LogP contribution is 2.24. The fourth-order valence-electron chi connectivity index (χ4n) is 1.47. The van der Waals surface area contributed by atoms with Gasteiger partial charge in [-0.1, -0.05) is 12.1 Å². The molecule has 1 aromatic rings. The average molecular weight is 268 g/mol. The van der Waals surface area contributed by atoms with Gasteiger partial charge in [-0.15, -0.1) is 0 Å². The summed E-state index contributed by atoms with van der Waals surface area (Å²) in [4.78, 5) is 31.5. The average Bonchev–Trinajstić information content (AvgIpc) is 2.34. The lowest BCUT2D eigenvalue weighted by Crippen LogP contribution is -2.30. The Bertz CT molecular complexity index is 502. The molecule has 0 spiro atoms. The number of hydrogen-bond acceptors (Lipinski definition) is 5. The van der Waals surface area contributed by atoms with E-state index in [1.54, 1.807) is 0 Å². The highest BCUT2D eigenvalue weighted by atomic mass is 16.6. The van der Waals surface area contributed by atoms with Crippen molar-refractivity contribution >= 4 is 23.3 Å². The number of hydrogen-bond donors (Lipinski definition) is 3. The Balaban J connectivity index is 2.87. The largest absolute Gasteiger partial charge is 0.481 e. The predicted octanol–water partition coefficient (Wildman–Crippen LogP) is 1.32. The van der Waals surface area contributed by atoms with Gasteiger partial charge in [-0.2, -0.15) is 0 Å². The van der Waals surface area contributed by atoms with Crippen LogP contribution in [0.3, 0.4) is 0 Å². The van der Waals surface area contributed by atoms with E-state index in [-0.39, 0.29) is 24.2 Å². The van der Waals surface area contributed by atoms with Gasteiger partial charge in [0.1, 0.15) is 11.7 Å². The van der Waals surface area contributed by atoms with Crippen LogP contribution in [-0.4, -0.2) is 33.1 Å². The summed E-state index contributed by atoms with van der Waals surface area (Å²) in [5, 5.41) is 30.7. The standard InChI is InChI=1S/C11H12N2O6/c14-10(15)6-5-8(11(16)17)12-7-3-1-2-4-9(7)13(18)19/h1-4,8,12H,5-6H2,(H,14,15)(H,16,17). The number of nitro groups is 1. The number of nitrogens with one attached hydrogen (secondary N) is 1. The minimum absolute atomic E-state index is 0.0466. The molecule has 0 aliphatic heterocycles. The summed E-state index contributed by atoms with van der Waals surface area (Å²) < 4.78 is 0. The fourth-order valence-corrected chi connectivity index (χ4v) is 1.47. The number of carbonyl (C=O) groups is 2. The Hall–Kier alpha value is -2.64. The Morgan fingerprint density at radius 3 is 2.47 bits per heavy atom. The van der Waals surface area contributed by atoms with Crippen LogP contribution in [0.2, 0.25) is 0 Å². The minimum Gasteiger partial charge on any atom is -0.481 e. The van der Waals surface area contributed by atoms with Crippen LogP contribution in [0.25, 0.3) is 0 Å². The molecule has 0 fully saturated rings. The molecule has 1 rings (SSSR count). The van der Waals surface area contributed by atoms with E-state index in [0.717, 1.165) is 0 Å². The van der Waals surface area contributed by atoms with Crippen molar-refractivity contribution in [2.75, 3.05) is 5.32 Å². The van der Waals surface area contributed by atoms with Crippen molar-refractivity contribution < 1.29 is 24.7 Å². The van der Waals surface area contributed by atoms with Crippen LogP contribution < -0.4 is 5.32 Å². The molecule has 0 radical (unpaired) electrons. The minimum atomic E-state index is -1.26. The summed E-state index contributed by atoms with van der Waals surface area (Å²) in [5.74, 6) is -2.39. The lowest BCUT2D eigenvalue weighted by Gasteiger charge is -2.14. The van der Waals surface area contributed by atoms with Gasteiger partial charge in [0, 0.05) is 12.5 Å². The number of carboxylic acid groups (broad SMARTS) is 2. The van der Waals surface area contributed by atoms with E-state index in [1.807, 2.05) is 0 Å². The number of anilines is 1. The van der Waals surface area contributed by atoms with Crippen LogP contribution in [0.5, 0.6) is 0 Å². The monoisotopic (exact) mass is 268 g/mol. The van der Waals surface area contributed by atoms with E-state index in [0.29, 0.717) is 0 Å². The van der Waals surface area contributed by atoms with Crippen molar-refractivity contribution in [2.24, 2.45) is 0 Å². The van der Waals surface area contributed by atoms with Crippen LogP contribution in [0.4, 0.5) is 11.4 Å². The van der Waals surface area contributed by atoms with Crippen molar-refractivity contribution in [3.8, 4) is 0 Å². The molecule has 0 bridgehead atoms. The molecule has 0 aliphatic carbocycles. The van der Waals surface area contributed by atoms with Gasteiger partial charge in [0.2, 0.25) is 0 Å². The van der Waals surface area contributed by atoms with Gasteiger partial charge in [0.05, 0.1) is 4.92 Å². The molecule has 0 amide bonds. The van der Waals surface area contributed by atoms with E-state index in [4.69, 9.17) is 10.2 Å². The number of benzene rings is 1. The third-order valence-corrected chi connectivity index (χ3v) is 2.38. The zero-order valence-corrected chi connectivity index (χ0v) is 9.78. The lowest BCUT2D eigenvalue weighted by atomic mass is 10.1. The maximum Gasteiger partial charge on any atom is 0.326 e. The molecule has 19 heavy (non-hydrogen) atoms. The van der Waals surface area contributed by atoms with Gasteiger partial charge in [-0.05, 0) is 12.5 Å². The molecule has 1 aromatic carbocycles. The van der Waals surface area contributed by atoms with E-state index >= 15 is 0 Å². The van der Waals surface area contributed by atoms with Crippen molar-refractivity contribution in [1.82, 2.24) is 0 Å². The predicted molar refractivity (Wildman–Crippen MR) is 65.0 cm³/mol. The second kappa shape index (κ2) is 6.34. The van der Waals surface area contributed by atoms with Crippen LogP contribution in [0, 0.1) is 10.1 Å². The topological polar surface area (TPSA) is 130 Å². The number of aliphatic carboxylic acids is 2. The van der Waals surface area contributed by atoms with E-state index in [2.05, 4.69) is 5.32 Å². The summed E-state index contributed by atoms with van der Waals surface area (Å²) in [6.45, 7) is 0. The molecular weight excluding hydrogens is 256 g/mol. The lowest BCUT2D eigenvalue weighted by molar-refractivity contribution is -0.384. The van der Waals surface area contributed by atoms with Gasteiger partial charge in [0.15, 0.2) is 0 Å². The number of nitrogens with zero attached hydrogens (tertiary/aromatic N) is 1. The molecule has 1 atom stereocenters. The molecule has 0 heterocycles. The zero-order chi connectivity index (χ0) is 14.4. The Kier molecular flexibility index (Phi) is 4.81. The normalized spacial score (nSPS) is 11.6. The van der Waals surface area contributed by atoms with Gasteiger partial charge < -0.3 is 15.5 Å². The summed E-state index contributed by atoms with van der Waals surface area (Å²) in [7, 11) is 0. The second-order valence-electron chi connectivity index (χ2n) is 3.74. The number of nitro benzene ring substituents is 1. The molecule has 0 aromatic heterocycles. The molecule has 1 unspecified atom stereocenters. The first-order chi connectivity index (χ1) is 8.91. The first-order valence-electron chi connectivity index (χ1n) is 5.36. The molecule has 8 nitrogen and oxygen atoms in total. The Morgan fingerprint density at radius 2 is 1.95 bits per heavy atom. The summed E-state index contributed by atoms with van der Waals surface area (Å²) in [6, 6.07) is 4.38. The molecule has 0 aliphatic rings. The number of carboxylic acids is 2. The smallest absolute Gasteiger partial charge is 0.326 e. The summed E-state index contributed by atoms with van der Waals surface area (Å²) >= 11 is 0. The Labute approximate surface area is 107 Å².